The van der Waals surface area contributed by atoms with E-state index in [9.17, 15) is 18.0 Å². The summed E-state index contributed by atoms with van der Waals surface area (Å²) in [6.45, 7) is 7.15. The number of carbonyl (C=O) groups excluding carboxylic acids is 1. The zero-order chi connectivity index (χ0) is 27.8. The number of unbranched alkanes of at least 4 members (excludes halogenated alkanes) is 3. The minimum atomic E-state index is -4.28. The fraction of sp³-hybridized carbons (Fsp3) is 0.484. The summed E-state index contributed by atoms with van der Waals surface area (Å²) in [6.07, 6.45) is 2.01. The molecular weight excluding hydrogens is 537 g/mol. The van der Waals surface area contributed by atoms with Gasteiger partial charge in [-0.1, -0.05) is 51.0 Å². The maximum atomic E-state index is 13.1. The minimum absolute atomic E-state index is 0.0483. The second kappa shape index (κ2) is 14.0. The number of hydrogen-bond donors (Lipinski definition) is 0. The quantitative estimate of drug-likeness (QED) is 0.123. The average molecular weight is 575 g/mol. The van der Waals surface area contributed by atoms with Crippen LogP contribution in [0.5, 0.6) is 0 Å². The largest absolute Gasteiger partial charge is 0.416 e. The first-order valence-electron chi connectivity index (χ1n) is 13.8. The van der Waals surface area contributed by atoms with Crippen LogP contribution in [0.3, 0.4) is 0 Å². The van der Waals surface area contributed by atoms with E-state index in [1.807, 2.05) is 35.7 Å². The molecule has 210 valence electrons. The van der Waals surface area contributed by atoms with Gasteiger partial charge in [-0.05, 0) is 98.1 Å². The van der Waals surface area contributed by atoms with Crippen molar-refractivity contribution in [3.05, 3.63) is 81.2 Å². The van der Waals surface area contributed by atoms with Crippen molar-refractivity contribution in [3.63, 3.8) is 0 Å². The van der Waals surface area contributed by atoms with Gasteiger partial charge in [-0.25, -0.2) is 4.98 Å². The molecule has 1 fully saturated rings. The zero-order valence-electron chi connectivity index (χ0n) is 22.7. The van der Waals surface area contributed by atoms with Gasteiger partial charge >= 0.3 is 6.18 Å². The normalized spacial score (nSPS) is 15.2. The monoisotopic (exact) mass is 574 g/mol. The molecule has 1 saturated heterocycles. The summed E-state index contributed by atoms with van der Waals surface area (Å²) in [6, 6.07) is 13.5. The van der Waals surface area contributed by atoms with Crippen LogP contribution in [0.2, 0.25) is 0 Å². The van der Waals surface area contributed by atoms with Gasteiger partial charge < -0.3 is 4.90 Å². The standard InChI is InChI=1S/C31H37F3N2OS2/c1-22(2)27-13-12-26(29(37)28-11-8-20-38-28)30(35-27)39-19-6-4-3-5-16-36-17-14-23(15-18-36)24-9-7-10-25(21-24)31(32,33)34/h7-13,20-23H,3-6,14-19H2,1-2H3. The number of alkyl halides is 3. The Morgan fingerprint density at radius 1 is 1.05 bits per heavy atom. The van der Waals surface area contributed by atoms with E-state index in [2.05, 4.69) is 18.7 Å². The molecule has 0 radical (unpaired) electrons. The zero-order valence-corrected chi connectivity index (χ0v) is 24.3. The lowest BCUT2D eigenvalue weighted by Gasteiger charge is -2.32. The molecule has 1 aliphatic rings. The summed E-state index contributed by atoms with van der Waals surface area (Å²) >= 11 is 3.15. The number of ketones is 1. The van der Waals surface area contributed by atoms with E-state index in [-0.39, 0.29) is 11.7 Å². The smallest absolute Gasteiger partial charge is 0.303 e. The van der Waals surface area contributed by atoms with Crippen molar-refractivity contribution in [1.82, 2.24) is 9.88 Å². The van der Waals surface area contributed by atoms with Crippen LogP contribution >= 0.6 is 23.1 Å². The number of aromatic nitrogens is 1. The van der Waals surface area contributed by atoms with Crippen LogP contribution in [-0.4, -0.2) is 41.1 Å². The summed E-state index contributed by atoms with van der Waals surface area (Å²) in [4.78, 5) is 21.0. The van der Waals surface area contributed by atoms with E-state index in [4.69, 9.17) is 4.98 Å². The molecule has 0 unspecified atom stereocenters. The molecule has 1 aromatic carbocycles. The van der Waals surface area contributed by atoms with E-state index < -0.39 is 11.7 Å². The van der Waals surface area contributed by atoms with Crippen LogP contribution in [-0.2, 0) is 6.18 Å². The van der Waals surface area contributed by atoms with Gasteiger partial charge in [0.2, 0.25) is 5.78 Å². The lowest BCUT2D eigenvalue weighted by Crippen LogP contribution is -2.33. The highest BCUT2D eigenvalue weighted by molar-refractivity contribution is 7.99. The van der Waals surface area contributed by atoms with Crippen molar-refractivity contribution < 1.29 is 18.0 Å². The van der Waals surface area contributed by atoms with Gasteiger partial charge in [0, 0.05) is 5.69 Å². The third-order valence-corrected chi connectivity index (χ3v) is 9.29. The molecule has 2 aromatic heterocycles. The van der Waals surface area contributed by atoms with Gasteiger partial charge in [-0.15, -0.1) is 23.1 Å². The maximum absolute atomic E-state index is 13.1. The van der Waals surface area contributed by atoms with E-state index >= 15 is 0 Å². The van der Waals surface area contributed by atoms with Crippen LogP contribution in [0.15, 0.2) is 58.9 Å². The van der Waals surface area contributed by atoms with Crippen molar-refractivity contribution in [1.29, 1.82) is 0 Å². The fourth-order valence-corrected chi connectivity index (χ4v) is 6.72. The van der Waals surface area contributed by atoms with Crippen molar-refractivity contribution in [2.45, 2.75) is 75.4 Å². The molecule has 39 heavy (non-hydrogen) atoms. The van der Waals surface area contributed by atoms with E-state index in [1.54, 1.807) is 11.8 Å². The van der Waals surface area contributed by atoms with Gasteiger partial charge in [0.1, 0.15) is 5.03 Å². The van der Waals surface area contributed by atoms with Gasteiger partial charge in [-0.3, -0.25) is 4.79 Å². The number of thiophene rings is 1. The molecule has 0 spiro atoms. The molecular formula is C31H37F3N2OS2. The third-order valence-electron chi connectivity index (χ3n) is 7.34. The molecule has 8 heteroatoms. The van der Waals surface area contributed by atoms with Crippen LogP contribution < -0.4 is 0 Å². The van der Waals surface area contributed by atoms with Crippen molar-refractivity contribution in [2.24, 2.45) is 0 Å². The summed E-state index contributed by atoms with van der Waals surface area (Å²) in [7, 11) is 0. The highest BCUT2D eigenvalue weighted by Gasteiger charge is 2.31. The molecule has 3 aromatic rings. The van der Waals surface area contributed by atoms with Gasteiger partial charge in [0.05, 0.1) is 16.0 Å². The van der Waals surface area contributed by atoms with Crippen molar-refractivity contribution >= 4 is 28.9 Å². The van der Waals surface area contributed by atoms with Crippen molar-refractivity contribution in [2.75, 3.05) is 25.4 Å². The molecule has 3 heterocycles. The number of rotatable bonds is 12. The Morgan fingerprint density at radius 3 is 2.51 bits per heavy atom. The molecule has 0 N–H and O–H groups in total. The van der Waals surface area contributed by atoms with E-state index in [0.29, 0.717) is 11.5 Å². The lowest BCUT2D eigenvalue weighted by molar-refractivity contribution is -0.137. The number of halogens is 3. The van der Waals surface area contributed by atoms with Gasteiger partial charge in [0.25, 0.3) is 0 Å². The number of nitrogens with zero attached hydrogens (tertiary/aromatic N) is 2. The summed E-state index contributed by atoms with van der Waals surface area (Å²) < 4.78 is 39.2. The predicted octanol–water partition coefficient (Wildman–Crippen LogP) is 9.05. The summed E-state index contributed by atoms with van der Waals surface area (Å²) in [5, 5.41) is 2.76. The molecule has 4 rings (SSSR count). The molecule has 0 aliphatic carbocycles. The molecule has 0 amide bonds. The first-order chi connectivity index (χ1) is 18.7. The number of carbonyl (C=O) groups is 1. The SMILES string of the molecule is CC(C)c1ccc(C(=O)c2cccs2)c(SCCCCCCN2CCC(c3cccc(C(F)(F)F)c3)CC2)n1. The van der Waals surface area contributed by atoms with Crippen LogP contribution in [0.4, 0.5) is 13.2 Å². The maximum Gasteiger partial charge on any atom is 0.416 e. The molecule has 0 bridgehead atoms. The minimum Gasteiger partial charge on any atom is -0.303 e. The Labute approximate surface area is 238 Å². The topological polar surface area (TPSA) is 33.2 Å². The second-order valence-corrected chi connectivity index (χ2v) is 12.6. The van der Waals surface area contributed by atoms with E-state index in [0.717, 1.165) is 91.1 Å². The number of benzene rings is 1. The molecule has 3 nitrogen and oxygen atoms in total. The first-order valence-corrected chi connectivity index (χ1v) is 15.7. The summed E-state index contributed by atoms with van der Waals surface area (Å²) in [5.74, 6) is 1.50. The Hall–Kier alpha value is -2.16. The number of pyridine rings is 1. The van der Waals surface area contributed by atoms with Crippen LogP contribution in [0, 0.1) is 0 Å². The Bertz CT molecular complexity index is 1200. The third kappa shape index (κ3) is 8.41. The molecule has 1 aliphatic heterocycles. The van der Waals surface area contributed by atoms with Gasteiger partial charge in [0.15, 0.2) is 0 Å². The highest BCUT2D eigenvalue weighted by atomic mass is 32.2. The average Bonchev–Trinajstić information content (AvgIpc) is 3.47. The van der Waals surface area contributed by atoms with Crippen LogP contribution in [0.25, 0.3) is 0 Å². The number of hydrogen-bond acceptors (Lipinski definition) is 5. The highest BCUT2D eigenvalue weighted by Crippen LogP contribution is 2.34. The number of piperidine rings is 1. The fourth-order valence-electron chi connectivity index (χ4n) is 5.02. The summed E-state index contributed by atoms with van der Waals surface area (Å²) in [5.41, 5.74) is 1.97. The predicted molar refractivity (Wildman–Crippen MR) is 155 cm³/mol. The first kappa shape index (κ1) is 29.8. The molecule has 0 atom stereocenters. The lowest BCUT2D eigenvalue weighted by atomic mass is 9.88. The Balaban J connectivity index is 1.17. The van der Waals surface area contributed by atoms with Crippen molar-refractivity contribution in [3.8, 4) is 0 Å². The number of thioether (sulfide) groups is 1. The second-order valence-electron chi connectivity index (χ2n) is 10.6. The Kier molecular flexibility index (Phi) is 10.7. The Morgan fingerprint density at radius 2 is 1.82 bits per heavy atom. The van der Waals surface area contributed by atoms with E-state index in [1.165, 1.54) is 23.5 Å². The number of likely N-dealkylation sites (tertiary alicyclic amines) is 1. The van der Waals surface area contributed by atoms with Crippen LogP contribution in [0.1, 0.15) is 96.3 Å². The van der Waals surface area contributed by atoms with Gasteiger partial charge in [-0.2, -0.15) is 13.2 Å². The molecule has 0 saturated carbocycles.